The molecule has 5 aliphatic rings. The summed E-state index contributed by atoms with van der Waals surface area (Å²) >= 11 is 0. The molecule has 0 aromatic rings. The molecular formula is C32H46O8. The van der Waals surface area contributed by atoms with E-state index in [1.54, 1.807) is 6.08 Å². The van der Waals surface area contributed by atoms with E-state index in [4.69, 9.17) is 23.7 Å². The number of cyclic esters (lactones) is 1. The highest BCUT2D eigenvalue weighted by Gasteiger charge is 2.68. The van der Waals surface area contributed by atoms with Crippen LogP contribution in [-0.2, 0) is 38.1 Å². The second-order valence-electron chi connectivity index (χ2n) is 13.9. The molecule has 0 N–H and O–H groups in total. The van der Waals surface area contributed by atoms with Crippen LogP contribution in [0.1, 0.15) is 92.9 Å². The number of carbonyl (C=O) groups is 3. The van der Waals surface area contributed by atoms with Crippen molar-refractivity contribution in [2.24, 2.45) is 23.2 Å². The van der Waals surface area contributed by atoms with E-state index in [1.807, 2.05) is 20.8 Å². The molecular weight excluding hydrogens is 512 g/mol. The molecule has 5 fully saturated rings. The Morgan fingerprint density at radius 2 is 1.88 bits per heavy atom. The van der Waals surface area contributed by atoms with Gasteiger partial charge in [0.2, 0.25) is 0 Å². The standard InChI is InChI=1S/C32H46O8/c1-19-8-10-23(29(3,4)26(19)24(38-20(2)33)16-22-13-15-36-28(22)35)11-9-21-12-14-32(37-18-21)31(7)17-25(39-32)27(34)30(5,6)40-31/h16,21,23-26H,1,8-15,17-18H2,2-7H3/t21-,23-,24-,25-,26+,31-,32-/m0/s1. The lowest BCUT2D eigenvalue weighted by Crippen LogP contribution is -2.59. The van der Waals surface area contributed by atoms with Gasteiger partial charge in [-0.25, -0.2) is 4.79 Å². The largest absolute Gasteiger partial charge is 0.462 e. The molecule has 8 heteroatoms. The fourth-order valence-corrected chi connectivity index (χ4v) is 8.18. The van der Waals surface area contributed by atoms with Gasteiger partial charge in [-0.2, -0.15) is 0 Å². The van der Waals surface area contributed by atoms with Crippen LogP contribution in [0.3, 0.4) is 0 Å². The number of ketones is 1. The van der Waals surface area contributed by atoms with E-state index in [9.17, 15) is 14.4 Å². The zero-order valence-electron chi connectivity index (χ0n) is 25.0. The van der Waals surface area contributed by atoms with Crippen LogP contribution in [0, 0.1) is 23.2 Å². The van der Waals surface area contributed by atoms with E-state index in [-0.39, 0.29) is 29.1 Å². The first kappa shape index (κ1) is 29.5. The molecule has 0 aromatic heterocycles. The first-order chi connectivity index (χ1) is 18.7. The Hall–Kier alpha value is -2.03. The average molecular weight is 559 g/mol. The number of Topliss-reactive ketones (excluding diaryl/α,β-unsaturated/α-hetero) is 1. The van der Waals surface area contributed by atoms with Gasteiger partial charge in [0, 0.05) is 37.7 Å². The van der Waals surface area contributed by atoms with E-state index in [0.717, 1.165) is 37.7 Å². The van der Waals surface area contributed by atoms with Crippen molar-refractivity contribution in [2.45, 2.75) is 122 Å². The number of esters is 2. The van der Waals surface area contributed by atoms with E-state index < -0.39 is 29.2 Å². The summed E-state index contributed by atoms with van der Waals surface area (Å²) < 4.78 is 30.0. The minimum atomic E-state index is -0.869. The van der Waals surface area contributed by atoms with Gasteiger partial charge in [-0.1, -0.05) is 26.0 Å². The molecule has 0 aromatic carbocycles. The molecule has 4 aliphatic heterocycles. The van der Waals surface area contributed by atoms with Crippen LogP contribution in [-0.4, -0.2) is 60.1 Å². The zero-order chi connectivity index (χ0) is 29.1. The third-order valence-corrected chi connectivity index (χ3v) is 10.4. The summed E-state index contributed by atoms with van der Waals surface area (Å²) in [7, 11) is 0. The number of hydrogen-bond donors (Lipinski definition) is 0. The highest BCUT2D eigenvalue weighted by molar-refractivity contribution is 5.92. The second kappa shape index (κ2) is 10.4. The van der Waals surface area contributed by atoms with E-state index in [1.165, 1.54) is 6.92 Å². The van der Waals surface area contributed by atoms with Crippen molar-refractivity contribution in [1.29, 1.82) is 0 Å². The number of hydrogen-bond acceptors (Lipinski definition) is 8. The first-order valence-electron chi connectivity index (χ1n) is 15.0. The molecule has 4 saturated heterocycles. The van der Waals surface area contributed by atoms with Gasteiger partial charge in [0.05, 0.1) is 13.2 Å². The lowest BCUT2D eigenvalue weighted by atomic mass is 9.57. The minimum Gasteiger partial charge on any atom is -0.462 e. The molecule has 0 unspecified atom stereocenters. The van der Waals surface area contributed by atoms with Crippen molar-refractivity contribution in [2.75, 3.05) is 13.2 Å². The Labute approximate surface area is 238 Å². The highest BCUT2D eigenvalue weighted by atomic mass is 16.7. The summed E-state index contributed by atoms with van der Waals surface area (Å²) in [4.78, 5) is 37.1. The summed E-state index contributed by atoms with van der Waals surface area (Å²) in [5.41, 5.74) is -0.0530. The molecule has 1 aliphatic carbocycles. The quantitative estimate of drug-likeness (QED) is 0.248. The normalized spacial score (nSPS) is 40.4. The molecule has 0 radical (unpaired) electrons. The monoisotopic (exact) mass is 558 g/mol. The number of fused-ring (bicyclic) bond motifs is 3. The van der Waals surface area contributed by atoms with Gasteiger partial charge in [-0.3, -0.25) is 9.59 Å². The molecule has 2 bridgehead atoms. The summed E-state index contributed by atoms with van der Waals surface area (Å²) in [5, 5.41) is 0. The minimum absolute atomic E-state index is 0.00392. The molecule has 7 atom stereocenters. The first-order valence-corrected chi connectivity index (χ1v) is 15.0. The van der Waals surface area contributed by atoms with Crippen molar-refractivity contribution >= 4 is 17.7 Å². The maximum atomic E-state index is 12.8. The molecule has 40 heavy (non-hydrogen) atoms. The third kappa shape index (κ3) is 5.09. The van der Waals surface area contributed by atoms with Crippen LogP contribution in [0.5, 0.6) is 0 Å². The maximum absolute atomic E-state index is 12.8. The molecule has 5 rings (SSSR count). The van der Waals surface area contributed by atoms with E-state index >= 15 is 0 Å². The highest BCUT2D eigenvalue weighted by Crippen LogP contribution is 2.55. The molecule has 4 heterocycles. The Morgan fingerprint density at radius 3 is 2.50 bits per heavy atom. The van der Waals surface area contributed by atoms with Crippen molar-refractivity contribution in [3.05, 3.63) is 23.8 Å². The lowest BCUT2D eigenvalue weighted by Gasteiger charge is -2.49. The fourth-order valence-electron chi connectivity index (χ4n) is 8.18. The van der Waals surface area contributed by atoms with E-state index in [2.05, 4.69) is 20.4 Å². The van der Waals surface area contributed by atoms with Gasteiger partial charge in [0.1, 0.15) is 23.4 Å². The molecule has 0 amide bonds. The van der Waals surface area contributed by atoms with E-state index in [0.29, 0.717) is 49.9 Å². The van der Waals surface area contributed by atoms with Gasteiger partial charge < -0.3 is 23.7 Å². The Balaban J connectivity index is 1.24. The smallest absolute Gasteiger partial charge is 0.333 e. The van der Waals surface area contributed by atoms with Crippen LogP contribution >= 0.6 is 0 Å². The third-order valence-electron chi connectivity index (χ3n) is 10.4. The average Bonchev–Trinajstić information content (AvgIpc) is 3.36. The fraction of sp³-hybridized carbons (Fsp3) is 0.781. The maximum Gasteiger partial charge on any atom is 0.333 e. The zero-order valence-corrected chi connectivity index (χ0v) is 25.0. The van der Waals surface area contributed by atoms with Crippen molar-refractivity contribution in [3.63, 3.8) is 0 Å². The SMILES string of the molecule is C=C1CC[C@@H](CC[C@H]2CC[C@]3(OC2)O[C@H]2C[C@]3(C)OC(C)(C)C2=O)C(C)(C)[C@H]1[C@H](C=C1CCOC1=O)OC(C)=O. The Kier molecular flexibility index (Phi) is 7.63. The van der Waals surface area contributed by atoms with Crippen molar-refractivity contribution in [3.8, 4) is 0 Å². The van der Waals surface area contributed by atoms with Gasteiger partial charge in [0.25, 0.3) is 0 Å². The van der Waals surface area contributed by atoms with Crippen LogP contribution < -0.4 is 0 Å². The number of ether oxygens (including phenoxy) is 5. The summed E-state index contributed by atoms with van der Waals surface area (Å²) in [6, 6.07) is 0. The number of rotatable bonds is 6. The van der Waals surface area contributed by atoms with Crippen LogP contribution in [0.4, 0.5) is 0 Å². The van der Waals surface area contributed by atoms with Gasteiger partial charge in [-0.15, -0.1) is 0 Å². The summed E-state index contributed by atoms with van der Waals surface area (Å²) in [5.74, 6) is -0.870. The molecule has 8 nitrogen and oxygen atoms in total. The summed E-state index contributed by atoms with van der Waals surface area (Å²) in [6.45, 7) is 16.9. The lowest BCUT2D eigenvalue weighted by molar-refractivity contribution is -0.316. The predicted molar refractivity (Wildman–Crippen MR) is 147 cm³/mol. The van der Waals surface area contributed by atoms with Gasteiger partial charge in [0.15, 0.2) is 11.6 Å². The van der Waals surface area contributed by atoms with Gasteiger partial charge in [-0.05, 0) is 76.2 Å². The number of carbonyl (C=O) groups excluding carboxylic acids is 3. The molecule has 1 saturated carbocycles. The topological polar surface area (TPSA) is 97.4 Å². The van der Waals surface area contributed by atoms with Crippen molar-refractivity contribution < 1.29 is 38.1 Å². The van der Waals surface area contributed by atoms with Crippen molar-refractivity contribution in [1.82, 2.24) is 0 Å². The molecule has 1 spiro atoms. The van der Waals surface area contributed by atoms with Crippen LogP contribution in [0.15, 0.2) is 23.8 Å². The van der Waals surface area contributed by atoms with Gasteiger partial charge >= 0.3 is 11.9 Å². The van der Waals surface area contributed by atoms with Crippen LogP contribution in [0.25, 0.3) is 0 Å². The Bertz CT molecular complexity index is 1090. The van der Waals surface area contributed by atoms with Crippen LogP contribution in [0.2, 0.25) is 0 Å². The second-order valence-corrected chi connectivity index (χ2v) is 13.9. The molecule has 222 valence electrons. The Morgan fingerprint density at radius 1 is 1.12 bits per heavy atom. The predicted octanol–water partition coefficient (Wildman–Crippen LogP) is 5.23. The summed E-state index contributed by atoms with van der Waals surface area (Å²) in [6.07, 6.45) is 7.44.